The molecule has 2 heterocycles. The standard InChI is InChI=1S/C21H30N4OS.HI/c1-3-26-13-11-23-21(22-2)24-15-19(17-7-5-4-6-8-17)25-12-9-20-18(16-25)10-14-27-20;/h4-8,10,14,19H,3,9,11-13,15-16H2,1-2H3,(H2,22,23,24);1H. The first-order chi connectivity index (χ1) is 13.3. The molecule has 1 aliphatic heterocycles. The van der Waals surface area contributed by atoms with Gasteiger partial charge in [-0.2, -0.15) is 0 Å². The van der Waals surface area contributed by atoms with Crippen LogP contribution < -0.4 is 10.6 Å². The van der Waals surface area contributed by atoms with Gasteiger partial charge >= 0.3 is 0 Å². The fourth-order valence-corrected chi connectivity index (χ4v) is 4.36. The van der Waals surface area contributed by atoms with Gasteiger partial charge in [-0.05, 0) is 35.9 Å². The third-order valence-corrected chi connectivity index (χ3v) is 5.91. The smallest absolute Gasteiger partial charge is 0.191 e. The normalized spacial score (nSPS) is 15.4. The van der Waals surface area contributed by atoms with Crippen molar-refractivity contribution in [1.82, 2.24) is 15.5 Å². The lowest BCUT2D eigenvalue weighted by molar-refractivity contribution is 0.152. The Hall–Kier alpha value is -1.16. The minimum absolute atomic E-state index is 0. The second kappa shape index (κ2) is 12.4. The van der Waals surface area contributed by atoms with Crippen molar-refractivity contribution in [2.24, 2.45) is 4.99 Å². The van der Waals surface area contributed by atoms with E-state index >= 15 is 0 Å². The van der Waals surface area contributed by atoms with E-state index in [0.717, 1.165) is 45.2 Å². The Morgan fingerprint density at radius 3 is 2.82 bits per heavy atom. The van der Waals surface area contributed by atoms with E-state index < -0.39 is 0 Å². The molecule has 0 radical (unpaired) electrons. The Morgan fingerprint density at radius 2 is 2.07 bits per heavy atom. The number of aliphatic imine (C=N–C) groups is 1. The summed E-state index contributed by atoms with van der Waals surface area (Å²) in [5.41, 5.74) is 2.82. The van der Waals surface area contributed by atoms with Crippen LogP contribution in [0.25, 0.3) is 0 Å². The maximum atomic E-state index is 5.39. The van der Waals surface area contributed by atoms with Crippen molar-refractivity contribution < 1.29 is 4.74 Å². The average molecular weight is 514 g/mol. The lowest BCUT2D eigenvalue weighted by atomic mass is 10.0. The number of nitrogens with one attached hydrogen (secondary N) is 2. The Labute approximate surface area is 189 Å². The van der Waals surface area contributed by atoms with Crippen molar-refractivity contribution in [3.63, 3.8) is 0 Å². The first-order valence-corrected chi connectivity index (χ1v) is 10.6. The van der Waals surface area contributed by atoms with Crippen molar-refractivity contribution in [3.8, 4) is 0 Å². The van der Waals surface area contributed by atoms with E-state index in [1.807, 2.05) is 25.3 Å². The molecule has 0 fully saturated rings. The quantitative estimate of drug-likeness (QED) is 0.244. The molecule has 154 valence electrons. The van der Waals surface area contributed by atoms with E-state index in [1.54, 1.807) is 4.88 Å². The molecule has 0 amide bonds. The Morgan fingerprint density at radius 1 is 1.25 bits per heavy atom. The highest BCUT2D eigenvalue weighted by Crippen LogP contribution is 2.30. The highest BCUT2D eigenvalue weighted by Gasteiger charge is 2.25. The summed E-state index contributed by atoms with van der Waals surface area (Å²) in [6, 6.07) is 13.4. The van der Waals surface area contributed by atoms with Gasteiger partial charge in [0.15, 0.2) is 5.96 Å². The predicted octanol–water partition coefficient (Wildman–Crippen LogP) is 3.67. The third-order valence-electron chi connectivity index (χ3n) is 4.89. The first kappa shape index (κ1) is 23.1. The molecular weight excluding hydrogens is 483 g/mol. The molecule has 5 nitrogen and oxygen atoms in total. The van der Waals surface area contributed by atoms with E-state index in [2.05, 4.69) is 62.3 Å². The van der Waals surface area contributed by atoms with E-state index in [0.29, 0.717) is 12.6 Å². The number of fused-ring (bicyclic) bond motifs is 1. The molecule has 2 N–H and O–H groups in total. The molecule has 0 aliphatic carbocycles. The maximum Gasteiger partial charge on any atom is 0.191 e. The van der Waals surface area contributed by atoms with Gasteiger partial charge in [0, 0.05) is 44.7 Å². The van der Waals surface area contributed by atoms with Gasteiger partial charge in [0.1, 0.15) is 0 Å². The van der Waals surface area contributed by atoms with Crippen LogP contribution in [-0.2, 0) is 17.7 Å². The summed E-state index contributed by atoms with van der Waals surface area (Å²) in [5, 5.41) is 9.04. The monoisotopic (exact) mass is 514 g/mol. The molecule has 0 bridgehead atoms. The molecule has 3 rings (SSSR count). The van der Waals surface area contributed by atoms with Crippen LogP contribution in [0.15, 0.2) is 46.8 Å². The summed E-state index contributed by atoms with van der Waals surface area (Å²) in [4.78, 5) is 8.46. The molecule has 1 aromatic carbocycles. The summed E-state index contributed by atoms with van der Waals surface area (Å²) in [6.45, 7) is 7.11. The van der Waals surface area contributed by atoms with Crippen molar-refractivity contribution in [2.45, 2.75) is 25.9 Å². The van der Waals surface area contributed by atoms with Crippen molar-refractivity contribution in [1.29, 1.82) is 0 Å². The number of guanidine groups is 1. The minimum Gasteiger partial charge on any atom is -0.380 e. The number of hydrogen-bond acceptors (Lipinski definition) is 4. The second-order valence-electron chi connectivity index (χ2n) is 6.59. The zero-order valence-corrected chi connectivity index (χ0v) is 19.8. The van der Waals surface area contributed by atoms with Gasteiger partial charge in [-0.15, -0.1) is 35.3 Å². The molecule has 28 heavy (non-hydrogen) atoms. The van der Waals surface area contributed by atoms with Crippen LogP contribution in [0.1, 0.15) is 29.0 Å². The summed E-state index contributed by atoms with van der Waals surface area (Å²) >= 11 is 1.89. The molecule has 1 aliphatic rings. The maximum absolute atomic E-state index is 5.39. The van der Waals surface area contributed by atoms with Gasteiger partial charge in [0.25, 0.3) is 0 Å². The van der Waals surface area contributed by atoms with E-state index in [4.69, 9.17) is 4.74 Å². The van der Waals surface area contributed by atoms with Gasteiger partial charge in [-0.25, -0.2) is 0 Å². The van der Waals surface area contributed by atoms with Crippen LogP contribution in [-0.4, -0.2) is 50.8 Å². The SMILES string of the molecule is CCOCCNC(=NC)NCC(c1ccccc1)N1CCc2sccc2C1.I. The molecule has 0 saturated heterocycles. The van der Waals surface area contributed by atoms with Crippen molar-refractivity contribution in [3.05, 3.63) is 57.8 Å². The van der Waals surface area contributed by atoms with Crippen LogP contribution >= 0.6 is 35.3 Å². The van der Waals surface area contributed by atoms with E-state index in [1.165, 1.54) is 11.1 Å². The number of rotatable bonds is 8. The lowest BCUT2D eigenvalue weighted by Gasteiger charge is -2.35. The van der Waals surface area contributed by atoms with Gasteiger partial charge in [0.2, 0.25) is 0 Å². The number of thiophene rings is 1. The molecule has 7 heteroatoms. The zero-order valence-electron chi connectivity index (χ0n) is 16.7. The number of halogens is 1. The number of ether oxygens (including phenoxy) is 1. The Balaban J connectivity index is 0.00000280. The molecule has 1 aromatic heterocycles. The highest BCUT2D eigenvalue weighted by atomic mass is 127. The largest absolute Gasteiger partial charge is 0.380 e. The van der Waals surface area contributed by atoms with Crippen LogP contribution in [0.3, 0.4) is 0 Å². The predicted molar refractivity (Wildman–Crippen MR) is 129 cm³/mol. The van der Waals surface area contributed by atoms with Crippen molar-refractivity contribution >= 4 is 41.3 Å². The van der Waals surface area contributed by atoms with Gasteiger partial charge in [-0.3, -0.25) is 9.89 Å². The number of hydrogen-bond donors (Lipinski definition) is 2. The highest BCUT2D eigenvalue weighted by molar-refractivity contribution is 14.0. The fraction of sp³-hybridized carbons (Fsp3) is 0.476. The lowest BCUT2D eigenvalue weighted by Crippen LogP contribution is -2.45. The Kier molecular flexibility index (Phi) is 10.3. The van der Waals surface area contributed by atoms with Gasteiger partial charge in [0.05, 0.1) is 12.6 Å². The third kappa shape index (κ3) is 6.43. The second-order valence-corrected chi connectivity index (χ2v) is 7.59. The summed E-state index contributed by atoms with van der Waals surface area (Å²) in [5.74, 6) is 0.823. The van der Waals surface area contributed by atoms with Crippen molar-refractivity contribution in [2.75, 3.05) is 39.9 Å². The Bertz CT molecular complexity index is 722. The number of nitrogens with zero attached hydrogens (tertiary/aromatic N) is 2. The summed E-state index contributed by atoms with van der Waals surface area (Å²) in [6.07, 6.45) is 1.14. The molecular formula is C21H31IN4OS. The first-order valence-electron chi connectivity index (χ1n) is 9.68. The zero-order chi connectivity index (χ0) is 18.9. The summed E-state index contributed by atoms with van der Waals surface area (Å²) < 4.78 is 5.39. The van der Waals surface area contributed by atoms with E-state index in [9.17, 15) is 0 Å². The average Bonchev–Trinajstić information content (AvgIpc) is 3.18. The minimum atomic E-state index is 0. The molecule has 0 spiro atoms. The topological polar surface area (TPSA) is 48.9 Å². The number of benzene rings is 1. The van der Waals surface area contributed by atoms with Crippen LogP contribution in [0.5, 0.6) is 0 Å². The van der Waals surface area contributed by atoms with Crippen LogP contribution in [0.2, 0.25) is 0 Å². The molecule has 2 aromatic rings. The van der Waals surface area contributed by atoms with Crippen LogP contribution in [0.4, 0.5) is 0 Å². The molecule has 0 saturated carbocycles. The van der Waals surface area contributed by atoms with Crippen LogP contribution in [0, 0.1) is 0 Å². The van der Waals surface area contributed by atoms with Gasteiger partial charge in [-0.1, -0.05) is 30.3 Å². The summed E-state index contributed by atoms with van der Waals surface area (Å²) in [7, 11) is 1.81. The molecule has 1 atom stereocenters. The fourth-order valence-electron chi connectivity index (χ4n) is 3.47. The molecule has 1 unspecified atom stereocenters. The van der Waals surface area contributed by atoms with Gasteiger partial charge < -0.3 is 15.4 Å². The van der Waals surface area contributed by atoms with E-state index in [-0.39, 0.29) is 24.0 Å².